The van der Waals surface area contributed by atoms with E-state index in [1.54, 1.807) is 6.08 Å². The van der Waals surface area contributed by atoms with Crippen LogP contribution in [0.4, 0.5) is 0 Å². The summed E-state index contributed by atoms with van der Waals surface area (Å²) in [6, 6.07) is 0. The molecule has 0 aliphatic carbocycles. The van der Waals surface area contributed by atoms with Crippen molar-refractivity contribution in [2.45, 2.75) is 96.8 Å². The molecule has 0 rings (SSSR count). The zero-order valence-corrected chi connectivity index (χ0v) is 22.8. The van der Waals surface area contributed by atoms with E-state index in [9.17, 15) is 9.59 Å². The van der Waals surface area contributed by atoms with Gasteiger partial charge in [-0.05, 0) is 0 Å². The number of rotatable bonds is 17. The molecule has 0 saturated carbocycles. The molecule has 2 atom stereocenters. The summed E-state index contributed by atoms with van der Waals surface area (Å²) in [5.41, 5.74) is -0.623. The van der Waals surface area contributed by atoms with Gasteiger partial charge in [-0.3, -0.25) is 0 Å². The maximum absolute atomic E-state index is 13.0. The van der Waals surface area contributed by atoms with Crippen LogP contribution >= 0.6 is 0 Å². The first-order valence-corrected chi connectivity index (χ1v) is 19.6. The second-order valence-corrected chi connectivity index (χ2v) is 22.8. The Labute approximate surface area is 184 Å². The van der Waals surface area contributed by atoms with Gasteiger partial charge in [-0.15, -0.1) is 0 Å². The second kappa shape index (κ2) is 15.3. The summed E-state index contributed by atoms with van der Waals surface area (Å²) in [5.74, 6) is -0.758. The first kappa shape index (κ1) is 28.5. The van der Waals surface area contributed by atoms with Crippen molar-refractivity contribution < 1.29 is 19.1 Å². The first-order valence-electron chi connectivity index (χ1n) is 11.5. The molecule has 0 bridgehead atoms. The SMILES string of the molecule is C=CCC(CC(C)([CH2][Sn]([CH2]CCC)([CH2]CCC)[CH2]CCC)C(=O)OC)C(=O)OC. The fourth-order valence-corrected chi connectivity index (χ4v) is 23.4. The monoisotopic (exact) mass is 518 g/mol. The number of allylic oxidation sites excluding steroid dienone is 1. The van der Waals surface area contributed by atoms with Gasteiger partial charge in [0, 0.05) is 0 Å². The standard InChI is InChI=1S/C12H19O4.3C4H9.Sn/c1-6-7-9(10(13)15-4)8-12(2,3)11(14)16-5;3*1-3-4-2;/h6,9H,1-2,7-8H2,3-5H3;3*1,3-4H2,2H3;. The van der Waals surface area contributed by atoms with E-state index in [1.807, 2.05) is 6.92 Å². The Morgan fingerprint density at radius 2 is 1.45 bits per heavy atom. The van der Waals surface area contributed by atoms with Crippen LogP contribution in [0.3, 0.4) is 0 Å². The number of carbonyl (C=O) groups excluding carboxylic acids is 2. The molecule has 0 heterocycles. The van der Waals surface area contributed by atoms with Crippen molar-refractivity contribution in [1.29, 1.82) is 0 Å². The summed E-state index contributed by atoms with van der Waals surface area (Å²) in [4.78, 5) is 25.4. The van der Waals surface area contributed by atoms with Gasteiger partial charge >= 0.3 is 184 Å². The van der Waals surface area contributed by atoms with Gasteiger partial charge in [0.15, 0.2) is 0 Å². The van der Waals surface area contributed by atoms with Crippen LogP contribution in [-0.2, 0) is 19.1 Å². The van der Waals surface area contributed by atoms with Crippen LogP contribution in [0, 0.1) is 11.3 Å². The summed E-state index contributed by atoms with van der Waals surface area (Å²) in [6.07, 6.45) is 10.1. The molecule has 0 fully saturated rings. The minimum atomic E-state index is -2.61. The van der Waals surface area contributed by atoms with Gasteiger partial charge in [0.05, 0.1) is 0 Å². The Morgan fingerprint density at radius 3 is 1.79 bits per heavy atom. The minimum absolute atomic E-state index is 0.166. The van der Waals surface area contributed by atoms with E-state index >= 15 is 0 Å². The van der Waals surface area contributed by atoms with Crippen molar-refractivity contribution in [3.8, 4) is 0 Å². The number of methoxy groups -OCH3 is 2. The Bertz CT molecular complexity index is 469. The Balaban J connectivity index is 5.97. The third-order valence-electron chi connectivity index (χ3n) is 6.31. The van der Waals surface area contributed by atoms with E-state index in [-0.39, 0.29) is 17.9 Å². The van der Waals surface area contributed by atoms with Crippen LogP contribution in [0.25, 0.3) is 0 Å². The molecule has 0 radical (unpaired) electrons. The molecule has 29 heavy (non-hydrogen) atoms. The number of esters is 2. The Kier molecular flexibility index (Phi) is 15.0. The molecule has 0 aliphatic rings. The van der Waals surface area contributed by atoms with E-state index in [4.69, 9.17) is 9.47 Å². The van der Waals surface area contributed by atoms with Gasteiger partial charge in [0.1, 0.15) is 0 Å². The van der Waals surface area contributed by atoms with Crippen molar-refractivity contribution in [1.82, 2.24) is 0 Å². The Morgan fingerprint density at radius 1 is 0.966 bits per heavy atom. The molecule has 0 aromatic carbocycles. The van der Waals surface area contributed by atoms with Crippen LogP contribution in [0.5, 0.6) is 0 Å². The molecule has 0 aliphatic heterocycles. The summed E-state index contributed by atoms with van der Waals surface area (Å²) in [7, 11) is 2.89. The Hall–Kier alpha value is -0.521. The van der Waals surface area contributed by atoms with E-state index in [0.717, 1.165) is 4.44 Å². The maximum atomic E-state index is 13.0. The van der Waals surface area contributed by atoms with Gasteiger partial charge in [-0.1, -0.05) is 0 Å². The van der Waals surface area contributed by atoms with Gasteiger partial charge in [0.25, 0.3) is 0 Å². The molecule has 4 nitrogen and oxygen atoms in total. The van der Waals surface area contributed by atoms with Crippen LogP contribution in [0.1, 0.15) is 79.1 Å². The molecule has 170 valence electrons. The van der Waals surface area contributed by atoms with Gasteiger partial charge in [0.2, 0.25) is 0 Å². The molecule has 0 aromatic heterocycles. The second-order valence-electron chi connectivity index (χ2n) is 8.99. The van der Waals surface area contributed by atoms with E-state index in [0.29, 0.717) is 12.8 Å². The topological polar surface area (TPSA) is 52.6 Å². The molecular formula is C24H46O4Sn. The predicted molar refractivity (Wildman–Crippen MR) is 125 cm³/mol. The van der Waals surface area contributed by atoms with Crippen molar-refractivity contribution in [2.24, 2.45) is 11.3 Å². The average molecular weight is 517 g/mol. The van der Waals surface area contributed by atoms with E-state index in [1.165, 1.54) is 66.1 Å². The van der Waals surface area contributed by atoms with Crippen LogP contribution in [-0.4, -0.2) is 44.5 Å². The number of unbranched alkanes of at least 4 members (excludes halogenated alkanes) is 3. The fraction of sp³-hybridized carbons (Fsp3) is 0.833. The number of hydrogen-bond donors (Lipinski definition) is 0. The molecular weight excluding hydrogens is 471 g/mol. The third kappa shape index (κ3) is 9.89. The zero-order chi connectivity index (χ0) is 22.3. The third-order valence-corrected chi connectivity index (χ3v) is 22.8. The van der Waals surface area contributed by atoms with Crippen LogP contribution < -0.4 is 0 Å². The van der Waals surface area contributed by atoms with Crippen molar-refractivity contribution in [2.75, 3.05) is 14.2 Å². The zero-order valence-electron chi connectivity index (χ0n) is 20.0. The normalized spacial score (nSPS) is 14.7. The molecule has 0 amide bonds. The fourth-order valence-electron chi connectivity index (χ4n) is 4.77. The molecule has 2 unspecified atom stereocenters. The average Bonchev–Trinajstić information content (AvgIpc) is 2.73. The molecule has 0 saturated heterocycles. The van der Waals surface area contributed by atoms with E-state index in [2.05, 4.69) is 27.4 Å². The molecule has 5 heteroatoms. The summed E-state index contributed by atoms with van der Waals surface area (Å²) >= 11 is -2.61. The number of carbonyl (C=O) groups is 2. The van der Waals surface area contributed by atoms with Crippen LogP contribution in [0.2, 0.25) is 17.7 Å². The summed E-state index contributed by atoms with van der Waals surface area (Å²) in [6.45, 7) is 12.6. The number of hydrogen-bond acceptors (Lipinski definition) is 4. The molecule has 0 aromatic rings. The molecule has 0 spiro atoms. The van der Waals surface area contributed by atoms with Gasteiger partial charge < -0.3 is 0 Å². The van der Waals surface area contributed by atoms with E-state index < -0.39 is 23.8 Å². The summed E-state index contributed by atoms with van der Waals surface area (Å²) < 4.78 is 15.3. The van der Waals surface area contributed by atoms with Crippen molar-refractivity contribution >= 4 is 30.3 Å². The van der Waals surface area contributed by atoms with Gasteiger partial charge in [-0.2, -0.15) is 0 Å². The van der Waals surface area contributed by atoms with Crippen molar-refractivity contribution in [3.05, 3.63) is 12.7 Å². The van der Waals surface area contributed by atoms with Crippen LogP contribution in [0.15, 0.2) is 12.7 Å². The first-order chi connectivity index (χ1) is 13.8. The molecule has 0 N–H and O–H groups in total. The summed E-state index contributed by atoms with van der Waals surface area (Å²) in [5, 5.41) is 0. The quantitative estimate of drug-likeness (QED) is 0.121. The van der Waals surface area contributed by atoms with Crippen molar-refractivity contribution in [3.63, 3.8) is 0 Å². The number of ether oxygens (including phenoxy) is 2. The predicted octanol–water partition coefficient (Wildman–Crippen LogP) is 6.77. The van der Waals surface area contributed by atoms with Gasteiger partial charge in [-0.25, -0.2) is 0 Å².